The van der Waals surface area contributed by atoms with Gasteiger partial charge in [-0.25, -0.2) is 0 Å². The summed E-state index contributed by atoms with van der Waals surface area (Å²) in [5, 5.41) is 0. The van der Waals surface area contributed by atoms with Crippen LogP contribution in [0.2, 0.25) is 0 Å². The summed E-state index contributed by atoms with van der Waals surface area (Å²) in [6.45, 7) is 9.41. The summed E-state index contributed by atoms with van der Waals surface area (Å²) >= 11 is 0. The number of furan rings is 1. The molecule has 120 valence electrons. The maximum atomic E-state index is 6.20. The molecule has 0 aliphatic carbocycles. The lowest BCUT2D eigenvalue weighted by molar-refractivity contribution is 0.0915. The molecule has 4 heteroatoms. The first kappa shape index (κ1) is 16.5. The van der Waals surface area contributed by atoms with Gasteiger partial charge in [0.15, 0.2) is 0 Å². The Labute approximate surface area is 129 Å². The molecular weight excluding hydrogens is 262 g/mol. The predicted molar refractivity (Wildman–Crippen MR) is 87.3 cm³/mol. The molecule has 0 amide bonds. The van der Waals surface area contributed by atoms with Gasteiger partial charge in [0, 0.05) is 12.1 Å². The van der Waals surface area contributed by atoms with Crippen LogP contribution in [-0.4, -0.2) is 48.6 Å². The summed E-state index contributed by atoms with van der Waals surface area (Å²) in [7, 11) is 2.19. The highest BCUT2D eigenvalue weighted by Gasteiger charge is 2.35. The third-order valence-electron chi connectivity index (χ3n) is 4.93. The van der Waals surface area contributed by atoms with Crippen LogP contribution >= 0.6 is 0 Å². The summed E-state index contributed by atoms with van der Waals surface area (Å²) in [5.74, 6) is 2.02. The minimum atomic E-state index is 0.114. The van der Waals surface area contributed by atoms with Crippen LogP contribution in [-0.2, 0) is 6.54 Å². The SMILES string of the molecule is CCCN1CCCC(CN)(N(C)Cc2ccc(C)o2)CC1. The average molecular weight is 293 g/mol. The predicted octanol–water partition coefficient (Wildman–Crippen LogP) is 2.61. The molecule has 1 unspecified atom stereocenters. The molecule has 1 saturated heterocycles. The van der Waals surface area contributed by atoms with E-state index in [4.69, 9.17) is 10.2 Å². The topological polar surface area (TPSA) is 45.6 Å². The molecule has 2 rings (SSSR count). The van der Waals surface area contributed by atoms with Crippen LogP contribution in [0.15, 0.2) is 16.5 Å². The first-order valence-corrected chi connectivity index (χ1v) is 8.28. The Bertz CT molecular complexity index is 431. The molecule has 0 spiro atoms. The van der Waals surface area contributed by atoms with Crippen molar-refractivity contribution in [2.75, 3.05) is 33.2 Å². The lowest BCUT2D eigenvalue weighted by Crippen LogP contribution is -2.52. The van der Waals surface area contributed by atoms with Crippen LogP contribution in [0.5, 0.6) is 0 Å². The smallest absolute Gasteiger partial charge is 0.118 e. The number of rotatable bonds is 6. The Morgan fingerprint density at radius 3 is 2.76 bits per heavy atom. The highest BCUT2D eigenvalue weighted by atomic mass is 16.3. The third-order valence-corrected chi connectivity index (χ3v) is 4.93. The minimum Gasteiger partial charge on any atom is -0.465 e. The van der Waals surface area contributed by atoms with Crippen LogP contribution < -0.4 is 5.73 Å². The normalized spacial score (nSPS) is 24.4. The summed E-state index contributed by atoms with van der Waals surface area (Å²) in [4.78, 5) is 5.00. The molecule has 2 heterocycles. The number of likely N-dealkylation sites (N-methyl/N-ethyl adjacent to an activating group) is 1. The van der Waals surface area contributed by atoms with Crippen molar-refractivity contribution in [3.63, 3.8) is 0 Å². The molecule has 1 aliphatic rings. The Morgan fingerprint density at radius 2 is 2.14 bits per heavy atom. The van der Waals surface area contributed by atoms with Crippen LogP contribution in [0.3, 0.4) is 0 Å². The Balaban J connectivity index is 2.02. The van der Waals surface area contributed by atoms with Gasteiger partial charge in [0.05, 0.1) is 6.54 Å². The van der Waals surface area contributed by atoms with Gasteiger partial charge in [-0.05, 0) is 71.4 Å². The van der Waals surface area contributed by atoms with Crippen LogP contribution in [0.25, 0.3) is 0 Å². The molecule has 0 aromatic carbocycles. The molecule has 21 heavy (non-hydrogen) atoms. The quantitative estimate of drug-likeness (QED) is 0.876. The first-order valence-electron chi connectivity index (χ1n) is 8.28. The van der Waals surface area contributed by atoms with Gasteiger partial charge in [-0.1, -0.05) is 6.92 Å². The van der Waals surface area contributed by atoms with Gasteiger partial charge >= 0.3 is 0 Å². The van der Waals surface area contributed by atoms with Gasteiger partial charge < -0.3 is 15.1 Å². The van der Waals surface area contributed by atoms with E-state index in [1.165, 1.54) is 32.4 Å². The van der Waals surface area contributed by atoms with Gasteiger partial charge in [-0.2, -0.15) is 0 Å². The Kier molecular flexibility index (Phi) is 5.85. The second-order valence-electron chi connectivity index (χ2n) is 6.49. The second kappa shape index (κ2) is 7.43. The standard InChI is InChI=1S/C17H31N3O/c1-4-10-20-11-5-8-17(14-18,9-12-20)19(3)13-16-7-6-15(2)21-16/h6-7H,4-5,8-14,18H2,1-3H3. The monoisotopic (exact) mass is 293 g/mol. The van der Waals surface area contributed by atoms with Crippen molar-refractivity contribution in [1.29, 1.82) is 0 Å². The van der Waals surface area contributed by atoms with Gasteiger partial charge in [0.2, 0.25) is 0 Å². The third kappa shape index (κ3) is 4.09. The highest BCUT2D eigenvalue weighted by molar-refractivity contribution is 5.06. The number of hydrogen-bond donors (Lipinski definition) is 1. The average Bonchev–Trinajstić information content (AvgIpc) is 2.75. The van der Waals surface area contributed by atoms with E-state index < -0.39 is 0 Å². The largest absolute Gasteiger partial charge is 0.465 e. The lowest BCUT2D eigenvalue weighted by atomic mass is 9.88. The van der Waals surface area contributed by atoms with Crippen molar-refractivity contribution in [2.24, 2.45) is 5.73 Å². The summed E-state index contributed by atoms with van der Waals surface area (Å²) in [5.41, 5.74) is 6.31. The molecule has 2 N–H and O–H groups in total. The van der Waals surface area contributed by atoms with E-state index in [-0.39, 0.29) is 5.54 Å². The number of aryl methyl sites for hydroxylation is 1. The van der Waals surface area contributed by atoms with E-state index in [1.807, 2.05) is 13.0 Å². The maximum absolute atomic E-state index is 6.20. The highest BCUT2D eigenvalue weighted by Crippen LogP contribution is 2.29. The van der Waals surface area contributed by atoms with E-state index in [0.717, 1.165) is 37.6 Å². The minimum absolute atomic E-state index is 0.114. The van der Waals surface area contributed by atoms with Crippen molar-refractivity contribution >= 4 is 0 Å². The molecule has 0 saturated carbocycles. The van der Waals surface area contributed by atoms with Gasteiger partial charge in [-0.15, -0.1) is 0 Å². The lowest BCUT2D eigenvalue weighted by Gasteiger charge is -2.40. The maximum Gasteiger partial charge on any atom is 0.118 e. The summed E-state index contributed by atoms with van der Waals surface area (Å²) < 4.78 is 5.73. The molecule has 1 aromatic heterocycles. The molecule has 4 nitrogen and oxygen atoms in total. The zero-order chi connectivity index (χ0) is 15.3. The molecule has 1 atom stereocenters. The molecule has 0 bridgehead atoms. The molecule has 1 fully saturated rings. The second-order valence-corrected chi connectivity index (χ2v) is 6.49. The van der Waals surface area contributed by atoms with Gasteiger partial charge in [0.1, 0.15) is 11.5 Å². The van der Waals surface area contributed by atoms with E-state index in [1.54, 1.807) is 0 Å². The van der Waals surface area contributed by atoms with Crippen molar-refractivity contribution in [3.05, 3.63) is 23.7 Å². The zero-order valence-electron chi connectivity index (χ0n) is 13.9. The van der Waals surface area contributed by atoms with Crippen LogP contribution in [0.1, 0.15) is 44.1 Å². The van der Waals surface area contributed by atoms with E-state index in [2.05, 4.69) is 29.8 Å². The van der Waals surface area contributed by atoms with Crippen molar-refractivity contribution in [3.8, 4) is 0 Å². The fourth-order valence-electron chi connectivity index (χ4n) is 3.49. The Morgan fingerprint density at radius 1 is 1.33 bits per heavy atom. The van der Waals surface area contributed by atoms with Gasteiger partial charge in [0.25, 0.3) is 0 Å². The molecule has 1 aliphatic heterocycles. The zero-order valence-corrected chi connectivity index (χ0v) is 13.9. The number of nitrogens with two attached hydrogens (primary N) is 1. The molecule has 1 aromatic rings. The number of nitrogens with zero attached hydrogens (tertiary/aromatic N) is 2. The summed E-state index contributed by atoms with van der Waals surface area (Å²) in [6.07, 6.45) is 4.80. The van der Waals surface area contributed by atoms with Crippen LogP contribution in [0, 0.1) is 6.92 Å². The van der Waals surface area contributed by atoms with E-state index >= 15 is 0 Å². The van der Waals surface area contributed by atoms with E-state index in [9.17, 15) is 0 Å². The molecule has 0 radical (unpaired) electrons. The fourth-order valence-corrected chi connectivity index (χ4v) is 3.49. The van der Waals surface area contributed by atoms with Gasteiger partial charge in [-0.3, -0.25) is 4.90 Å². The van der Waals surface area contributed by atoms with Crippen molar-refractivity contribution in [2.45, 2.75) is 51.6 Å². The van der Waals surface area contributed by atoms with E-state index in [0.29, 0.717) is 0 Å². The number of likely N-dealkylation sites (tertiary alicyclic amines) is 1. The van der Waals surface area contributed by atoms with Crippen molar-refractivity contribution < 1.29 is 4.42 Å². The fraction of sp³-hybridized carbons (Fsp3) is 0.765. The summed E-state index contributed by atoms with van der Waals surface area (Å²) in [6, 6.07) is 4.12. The molecular formula is C17H31N3O. The first-order chi connectivity index (χ1) is 10.1. The number of hydrogen-bond acceptors (Lipinski definition) is 4. The van der Waals surface area contributed by atoms with Crippen LogP contribution in [0.4, 0.5) is 0 Å². The van der Waals surface area contributed by atoms with Crippen molar-refractivity contribution in [1.82, 2.24) is 9.80 Å². The Hall–Kier alpha value is -0.840.